The van der Waals surface area contributed by atoms with Crippen molar-refractivity contribution in [1.29, 1.82) is 0 Å². The van der Waals surface area contributed by atoms with Crippen molar-refractivity contribution in [3.63, 3.8) is 0 Å². The predicted molar refractivity (Wildman–Crippen MR) is 85.5 cm³/mol. The van der Waals surface area contributed by atoms with Gasteiger partial charge in [0.2, 0.25) is 0 Å². The third-order valence-electron chi connectivity index (χ3n) is 4.68. The van der Waals surface area contributed by atoms with Gasteiger partial charge < -0.3 is 9.14 Å². The lowest BCUT2D eigenvalue weighted by Gasteiger charge is -2.20. The van der Waals surface area contributed by atoms with Crippen molar-refractivity contribution < 1.29 is 9.53 Å². The number of rotatable bonds is 5. The van der Waals surface area contributed by atoms with Crippen molar-refractivity contribution in [2.24, 2.45) is 5.92 Å². The lowest BCUT2D eigenvalue weighted by molar-refractivity contribution is -0.145. The summed E-state index contributed by atoms with van der Waals surface area (Å²) in [5.41, 5.74) is 2.78. The summed E-state index contributed by atoms with van der Waals surface area (Å²) in [6, 6.07) is 5.88. The molecule has 0 atom stereocenters. The van der Waals surface area contributed by atoms with Crippen molar-refractivity contribution in [2.45, 2.75) is 58.5 Å². The number of hydrogen-bond donors (Lipinski definition) is 0. The van der Waals surface area contributed by atoms with E-state index in [1.165, 1.54) is 32.1 Å². The molecule has 0 unspecified atom stereocenters. The van der Waals surface area contributed by atoms with E-state index in [9.17, 15) is 4.79 Å². The van der Waals surface area contributed by atoms with Crippen molar-refractivity contribution in [3.05, 3.63) is 35.8 Å². The maximum atomic E-state index is 12.0. The molecule has 0 N–H and O–H groups in total. The maximum absolute atomic E-state index is 12.0. The van der Waals surface area contributed by atoms with Crippen molar-refractivity contribution in [1.82, 2.24) is 9.38 Å². The Kier molecular flexibility index (Phi) is 4.76. The number of esters is 1. The average molecular weight is 300 g/mol. The molecule has 1 aliphatic rings. The summed E-state index contributed by atoms with van der Waals surface area (Å²) < 4.78 is 7.46. The van der Waals surface area contributed by atoms with Gasteiger partial charge >= 0.3 is 5.97 Å². The van der Waals surface area contributed by atoms with E-state index in [1.54, 1.807) is 0 Å². The first kappa shape index (κ1) is 15.1. The Balaban J connectivity index is 1.52. The largest absolute Gasteiger partial charge is 0.459 e. The molecule has 22 heavy (non-hydrogen) atoms. The van der Waals surface area contributed by atoms with Gasteiger partial charge in [0.05, 0.1) is 11.4 Å². The van der Waals surface area contributed by atoms with Gasteiger partial charge in [0.25, 0.3) is 0 Å². The van der Waals surface area contributed by atoms with Gasteiger partial charge in [0.1, 0.15) is 12.3 Å². The molecule has 0 aliphatic heterocycles. The van der Waals surface area contributed by atoms with E-state index in [4.69, 9.17) is 4.74 Å². The number of carbonyl (C=O) groups excluding carboxylic acids is 1. The Morgan fingerprint density at radius 2 is 2.14 bits per heavy atom. The first-order valence-electron chi connectivity index (χ1n) is 8.32. The monoisotopic (exact) mass is 300 g/mol. The van der Waals surface area contributed by atoms with Gasteiger partial charge in [-0.25, -0.2) is 4.98 Å². The highest BCUT2D eigenvalue weighted by molar-refractivity contribution is 5.69. The van der Waals surface area contributed by atoms with Gasteiger partial charge in [-0.1, -0.05) is 38.2 Å². The third kappa shape index (κ3) is 3.49. The van der Waals surface area contributed by atoms with Crippen LogP contribution in [0.25, 0.3) is 5.65 Å². The zero-order valence-electron chi connectivity index (χ0n) is 13.3. The third-order valence-corrected chi connectivity index (χ3v) is 4.68. The van der Waals surface area contributed by atoms with E-state index in [-0.39, 0.29) is 5.97 Å². The van der Waals surface area contributed by atoms with Crippen LogP contribution in [0.4, 0.5) is 0 Å². The number of pyridine rings is 1. The summed E-state index contributed by atoms with van der Waals surface area (Å²) in [4.78, 5) is 16.5. The van der Waals surface area contributed by atoms with Crippen LogP contribution in [-0.2, 0) is 16.1 Å². The quantitative estimate of drug-likeness (QED) is 0.783. The van der Waals surface area contributed by atoms with E-state index < -0.39 is 0 Å². The zero-order chi connectivity index (χ0) is 15.4. The fraction of sp³-hybridized carbons (Fsp3) is 0.556. The number of aromatic nitrogens is 2. The number of aryl methyl sites for hydroxylation is 1. The van der Waals surface area contributed by atoms with E-state index >= 15 is 0 Å². The second-order valence-corrected chi connectivity index (χ2v) is 6.28. The fourth-order valence-electron chi connectivity index (χ4n) is 3.36. The van der Waals surface area contributed by atoms with Crippen molar-refractivity contribution in [2.75, 3.05) is 0 Å². The predicted octanol–water partition coefficient (Wildman–Crippen LogP) is 4.05. The standard InChI is InChI=1S/C18H24N2O2/c1-14-16(20-12-6-5-9-17(20)19-14)13-22-18(21)11-10-15-7-3-2-4-8-15/h5-6,9,12,15H,2-4,7-8,10-11,13H2,1H3. The molecule has 1 saturated carbocycles. The minimum absolute atomic E-state index is 0.0872. The van der Waals surface area contributed by atoms with Crippen LogP contribution in [0.3, 0.4) is 0 Å². The lowest BCUT2D eigenvalue weighted by Crippen LogP contribution is -2.11. The van der Waals surface area contributed by atoms with Gasteiger partial charge in [-0.3, -0.25) is 4.79 Å². The minimum Gasteiger partial charge on any atom is -0.459 e. The molecule has 0 spiro atoms. The van der Waals surface area contributed by atoms with Crippen LogP contribution in [0.1, 0.15) is 56.3 Å². The molecule has 0 saturated heterocycles. The lowest BCUT2D eigenvalue weighted by atomic mass is 9.86. The first-order chi connectivity index (χ1) is 10.7. The topological polar surface area (TPSA) is 43.6 Å². The van der Waals surface area contributed by atoms with Crippen molar-refractivity contribution >= 4 is 11.6 Å². The summed E-state index contributed by atoms with van der Waals surface area (Å²) >= 11 is 0. The summed E-state index contributed by atoms with van der Waals surface area (Å²) in [6.45, 7) is 2.26. The number of carbonyl (C=O) groups is 1. The minimum atomic E-state index is -0.0872. The second-order valence-electron chi connectivity index (χ2n) is 6.28. The highest BCUT2D eigenvalue weighted by Crippen LogP contribution is 2.27. The van der Waals surface area contributed by atoms with Gasteiger partial charge in [0, 0.05) is 12.6 Å². The smallest absolute Gasteiger partial charge is 0.306 e. The maximum Gasteiger partial charge on any atom is 0.306 e. The number of fused-ring (bicyclic) bond motifs is 1. The summed E-state index contributed by atoms with van der Waals surface area (Å²) in [6.07, 6.45) is 10.0. The number of hydrogen-bond acceptors (Lipinski definition) is 3. The van der Waals surface area contributed by atoms with Gasteiger partial charge in [-0.2, -0.15) is 0 Å². The highest BCUT2D eigenvalue weighted by atomic mass is 16.5. The number of imidazole rings is 1. The van der Waals surface area contributed by atoms with E-state index in [0.717, 1.165) is 29.4 Å². The van der Waals surface area contributed by atoms with Crippen LogP contribution in [0.15, 0.2) is 24.4 Å². The summed E-state index contributed by atoms with van der Waals surface area (Å²) in [7, 11) is 0. The van der Waals surface area contributed by atoms with Crippen LogP contribution >= 0.6 is 0 Å². The Morgan fingerprint density at radius 1 is 1.32 bits per heavy atom. The Bertz CT molecular complexity index is 642. The molecule has 0 bridgehead atoms. The van der Waals surface area contributed by atoms with Gasteiger partial charge in [-0.15, -0.1) is 0 Å². The molecule has 2 aromatic heterocycles. The molecule has 2 aromatic rings. The van der Waals surface area contributed by atoms with E-state index in [1.807, 2.05) is 35.7 Å². The number of nitrogens with zero attached hydrogens (tertiary/aromatic N) is 2. The van der Waals surface area contributed by atoms with Crippen LogP contribution < -0.4 is 0 Å². The molecule has 0 amide bonds. The van der Waals surface area contributed by atoms with E-state index in [2.05, 4.69) is 4.98 Å². The molecule has 118 valence electrons. The van der Waals surface area contributed by atoms with Crippen molar-refractivity contribution in [3.8, 4) is 0 Å². The molecule has 4 nitrogen and oxygen atoms in total. The zero-order valence-corrected chi connectivity index (χ0v) is 13.3. The van der Waals surface area contributed by atoms with Crippen LogP contribution in [0.5, 0.6) is 0 Å². The highest BCUT2D eigenvalue weighted by Gasteiger charge is 2.16. The van der Waals surface area contributed by atoms with Crippen LogP contribution in [0, 0.1) is 12.8 Å². The Morgan fingerprint density at radius 3 is 2.95 bits per heavy atom. The molecule has 2 heterocycles. The summed E-state index contributed by atoms with van der Waals surface area (Å²) in [5.74, 6) is 0.634. The molecule has 1 fully saturated rings. The van der Waals surface area contributed by atoms with Crippen LogP contribution in [0.2, 0.25) is 0 Å². The fourth-order valence-corrected chi connectivity index (χ4v) is 3.36. The number of ether oxygens (including phenoxy) is 1. The molecule has 0 aromatic carbocycles. The average Bonchev–Trinajstić information content (AvgIpc) is 2.87. The summed E-state index contributed by atoms with van der Waals surface area (Å²) in [5, 5.41) is 0. The van der Waals surface area contributed by atoms with Gasteiger partial charge in [-0.05, 0) is 31.4 Å². The molecule has 3 rings (SSSR count). The molecular formula is C18H24N2O2. The Hall–Kier alpha value is -1.84. The second kappa shape index (κ2) is 6.95. The molecular weight excluding hydrogens is 276 g/mol. The molecule has 0 radical (unpaired) electrons. The first-order valence-corrected chi connectivity index (χ1v) is 8.32. The van der Waals surface area contributed by atoms with E-state index in [0.29, 0.717) is 13.0 Å². The normalized spacial score (nSPS) is 16.0. The van der Waals surface area contributed by atoms with Crippen LogP contribution in [-0.4, -0.2) is 15.4 Å². The molecule has 4 heteroatoms. The Labute approximate surface area is 131 Å². The SMILES string of the molecule is Cc1nc2ccccn2c1COC(=O)CCC1CCCCC1. The van der Waals surface area contributed by atoms with Gasteiger partial charge in [0.15, 0.2) is 0 Å². The molecule has 1 aliphatic carbocycles.